The van der Waals surface area contributed by atoms with E-state index in [1.54, 1.807) is 10.7 Å². The minimum Gasteiger partial charge on any atom is -0.259 e. The average molecular weight is 513 g/mol. The van der Waals surface area contributed by atoms with Crippen molar-refractivity contribution in [1.29, 1.82) is 0 Å². The van der Waals surface area contributed by atoms with Crippen LogP contribution in [0.2, 0.25) is 0 Å². The molecule has 0 radical (unpaired) electrons. The lowest BCUT2D eigenvalue weighted by atomic mass is 10.0. The molecule has 0 aliphatic carbocycles. The Morgan fingerprint density at radius 3 is 2.00 bits per heavy atom. The van der Waals surface area contributed by atoms with Crippen LogP contribution >= 0.6 is 15.9 Å². The molecule has 0 fully saturated rings. The standard InChI is InChI=1S/C27H24BrF3N2/c1-16-8-10-21(12-18(16)3)25-24(28)26(22-11-9-17(2)19(4)13-22)33(32-25)15-20-6-5-7-23(14-20)27(29,30)31/h5-14H,15H2,1-4H3. The quantitative estimate of drug-likeness (QED) is 0.269. The van der Waals surface area contributed by atoms with Crippen LogP contribution in [0.3, 0.4) is 0 Å². The predicted molar refractivity (Wildman–Crippen MR) is 130 cm³/mol. The van der Waals surface area contributed by atoms with Crippen LogP contribution in [0, 0.1) is 27.7 Å². The smallest absolute Gasteiger partial charge is 0.259 e. The fourth-order valence-electron chi connectivity index (χ4n) is 3.81. The molecule has 0 spiro atoms. The minimum atomic E-state index is -4.39. The molecule has 1 heterocycles. The Bertz CT molecular complexity index is 1340. The molecule has 0 aliphatic rings. The van der Waals surface area contributed by atoms with E-state index in [2.05, 4.69) is 61.0 Å². The first-order valence-corrected chi connectivity index (χ1v) is 11.4. The largest absolute Gasteiger partial charge is 0.416 e. The Balaban J connectivity index is 1.88. The van der Waals surface area contributed by atoms with E-state index in [1.807, 2.05) is 19.1 Å². The SMILES string of the molecule is Cc1ccc(-c2nn(Cc3cccc(C(F)(F)F)c3)c(-c3ccc(C)c(C)c3)c2Br)cc1C. The molecule has 0 N–H and O–H groups in total. The Labute approximate surface area is 200 Å². The van der Waals surface area contributed by atoms with Crippen LogP contribution in [0.5, 0.6) is 0 Å². The van der Waals surface area contributed by atoms with Gasteiger partial charge in [0.15, 0.2) is 0 Å². The second kappa shape index (κ2) is 8.82. The Kier molecular flexibility index (Phi) is 6.23. The van der Waals surface area contributed by atoms with Crippen molar-refractivity contribution >= 4 is 15.9 Å². The van der Waals surface area contributed by atoms with Gasteiger partial charge in [-0.3, -0.25) is 4.68 Å². The first-order valence-electron chi connectivity index (χ1n) is 10.6. The van der Waals surface area contributed by atoms with E-state index < -0.39 is 11.7 Å². The van der Waals surface area contributed by atoms with E-state index in [1.165, 1.54) is 23.3 Å². The lowest BCUT2D eigenvalue weighted by molar-refractivity contribution is -0.137. The van der Waals surface area contributed by atoms with Gasteiger partial charge in [-0.2, -0.15) is 18.3 Å². The Morgan fingerprint density at radius 2 is 1.39 bits per heavy atom. The minimum absolute atomic E-state index is 0.218. The van der Waals surface area contributed by atoms with Crippen LogP contribution in [0.25, 0.3) is 22.5 Å². The Hall–Kier alpha value is -2.86. The highest BCUT2D eigenvalue weighted by Gasteiger charge is 2.30. The summed E-state index contributed by atoms with van der Waals surface area (Å²) in [6, 6.07) is 17.7. The van der Waals surface area contributed by atoms with Gasteiger partial charge in [0, 0.05) is 11.1 Å². The normalized spacial score (nSPS) is 11.8. The summed E-state index contributed by atoms with van der Waals surface area (Å²) in [4.78, 5) is 0. The number of rotatable bonds is 4. The maximum absolute atomic E-state index is 13.3. The van der Waals surface area contributed by atoms with Gasteiger partial charge < -0.3 is 0 Å². The van der Waals surface area contributed by atoms with Crippen LogP contribution in [-0.4, -0.2) is 9.78 Å². The molecule has 170 valence electrons. The summed E-state index contributed by atoms with van der Waals surface area (Å²) in [6.07, 6.45) is -4.39. The summed E-state index contributed by atoms with van der Waals surface area (Å²) < 4.78 is 42.4. The molecule has 33 heavy (non-hydrogen) atoms. The van der Waals surface area contributed by atoms with Crippen LogP contribution < -0.4 is 0 Å². The molecule has 0 saturated heterocycles. The highest BCUT2D eigenvalue weighted by Crippen LogP contribution is 2.38. The second-order valence-corrected chi connectivity index (χ2v) is 9.26. The zero-order valence-corrected chi connectivity index (χ0v) is 20.5. The fraction of sp³-hybridized carbons (Fsp3) is 0.222. The molecule has 6 heteroatoms. The number of benzene rings is 3. The van der Waals surface area contributed by atoms with Gasteiger partial charge in [0.2, 0.25) is 0 Å². The molecule has 0 aliphatic heterocycles. The summed E-state index contributed by atoms with van der Waals surface area (Å²) in [5.74, 6) is 0. The zero-order chi connectivity index (χ0) is 23.9. The lowest BCUT2D eigenvalue weighted by Gasteiger charge is -2.12. The average Bonchev–Trinajstić information content (AvgIpc) is 3.07. The van der Waals surface area contributed by atoms with Gasteiger partial charge in [0.05, 0.1) is 22.3 Å². The zero-order valence-electron chi connectivity index (χ0n) is 18.9. The van der Waals surface area contributed by atoms with E-state index in [0.717, 1.165) is 44.2 Å². The first-order chi connectivity index (χ1) is 15.5. The third-order valence-corrected chi connectivity index (χ3v) is 6.79. The molecule has 4 rings (SSSR count). The number of alkyl halides is 3. The third kappa shape index (κ3) is 4.76. The molecule has 0 bridgehead atoms. The van der Waals surface area contributed by atoms with Gasteiger partial charge in [0.25, 0.3) is 0 Å². The molecule has 0 unspecified atom stereocenters. The summed E-state index contributed by atoms with van der Waals surface area (Å²) in [7, 11) is 0. The number of nitrogens with zero attached hydrogens (tertiary/aromatic N) is 2. The van der Waals surface area contributed by atoms with Gasteiger partial charge in [-0.25, -0.2) is 0 Å². The van der Waals surface area contributed by atoms with Gasteiger partial charge in [-0.15, -0.1) is 0 Å². The Morgan fingerprint density at radius 1 is 0.788 bits per heavy atom. The number of aromatic nitrogens is 2. The summed E-state index contributed by atoms with van der Waals surface area (Å²) in [6.45, 7) is 8.42. The topological polar surface area (TPSA) is 17.8 Å². The third-order valence-electron chi connectivity index (χ3n) is 6.04. The number of hydrogen-bond donors (Lipinski definition) is 0. The molecule has 0 atom stereocenters. The van der Waals surface area contributed by atoms with Crippen molar-refractivity contribution < 1.29 is 13.2 Å². The molecule has 1 aromatic heterocycles. The van der Waals surface area contributed by atoms with Crippen molar-refractivity contribution in [3.05, 3.63) is 98.5 Å². The molecule has 3 aromatic carbocycles. The molecule has 0 amide bonds. The summed E-state index contributed by atoms with van der Waals surface area (Å²) >= 11 is 3.76. The molecule has 2 nitrogen and oxygen atoms in total. The van der Waals surface area contributed by atoms with Crippen molar-refractivity contribution in [1.82, 2.24) is 9.78 Å². The van der Waals surface area contributed by atoms with E-state index in [-0.39, 0.29) is 6.54 Å². The number of hydrogen-bond acceptors (Lipinski definition) is 1. The second-order valence-electron chi connectivity index (χ2n) is 8.47. The van der Waals surface area contributed by atoms with Crippen LogP contribution in [0.4, 0.5) is 13.2 Å². The summed E-state index contributed by atoms with van der Waals surface area (Å²) in [5.41, 5.74) is 8.05. The van der Waals surface area contributed by atoms with E-state index in [4.69, 9.17) is 5.10 Å². The molecule has 4 aromatic rings. The highest BCUT2D eigenvalue weighted by molar-refractivity contribution is 9.10. The van der Waals surface area contributed by atoms with Gasteiger partial charge >= 0.3 is 6.18 Å². The van der Waals surface area contributed by atoms with Crippen molar-refractivity contribution in [3.63, 3.8) is 0 Å². The van der Waals surface area contributed by atoms with E-state index in [0.29, 0.717) is 5.56 Å². The van der Waals surface area contributed by atoms with Gasteiger partial charge in [-0.1, -0.05) is 36.4 Å². The van der Waals surface area contributed by atoms with Crippen molar-refractivity contribution in [3.8, 4) is 22.5 Å². The first kappa shape index (κ1) is 23.3. The number of aryl methyl sites for hydroxylation is 4. The van der Waals surface area contributed by atoms with E-state index in [9.17, 15) is 13.2 Å². The molecule has 0 saturated carbocycles. The maximum atomic E-state index is 13.3. The van der Waals surface area contributed by atoms with Crippen LogP contribution in [-0.2, 0) is 12.7 Å². The maximum Gasteiger partial charge on any atom is 0.416 e. The molecular formula is C27H24BrF3N2. The van der Waals surface area contributed by atoms with Crippen molar-refractivity contribution in [2.24, 2.45) is 0 Å². The predicted octanol–water partition coefficient (Wildman–Crippen LogP) is 8.28. The van der Waals surface area contributed by atoms with Crippen molar-refractivity contribution in [2.45, 2.75) is 40.4 Å². The van der Waals surface area contributed by atoms with Crippen LogP contribution in [0.15, 0.2) is 65.1 Å². The number of halogens is 4. The lowest BCUT2D eigenvalue weighted by Crippen LogP contribution is -2.08. The highest BCUT2D eigenvalue weighted by atomic mass is 79.9. The van der Waals surface area contributed by atoms with Gasteiger partial charge in [0.1, 0.15) is 5.69 Å². The molecular weight excluding hydrogens is 489 g/mol. The summed E-state index contributed by atoms with van der Waals surface area (Å²) in [5, 5.41) is 4.85. The van der Waals surface area contributed by atoms with Crippen molar-refractivity contribution in [2.75, 3.05) is 0 Å². The van der Waals surface area contributed by atoms with Crippen LogP contribution in [0.1, 0.15) is 33.4 Å². The van der Waals surface area contributed by atoms with E-state index >= 15 is 0 Å². The monoisotopic (exact) mass is 512 g/mol. The fourth-order valence-corrected chi connectivity index (χ4v) is 4.55. The van der Waals surface area contributed by atoms with Gasteiger partial charge in [-0.05, 0) is 95.7 Å².